The van der Waals surface area contributed by atoms with E-state index in [9.17, 15) is 14.0 Å². The maximum atomic E-state index is 14.1. The van der Waals surface area contributed by atoms with E-state index in [0.29, 0.717) is 20.6 Å². The number of hydrogen-bond donors (Lipinski definition) is 0. The van der Waals surface area contributed by atoms with Crippen LogP contribution < -0.4 is 14.9 Å². The van der Waals surface area contributed by atoms with Crippen LogP contribution in [-0.4, -0.2) is 21.7 Å². The fourth-order valence-electron chi connectivity index (χ4n) is 5.45. The van der Waals surface area contributed by atoms with Crippen LogP contribution in [0.1, 0.15) is 41.0 Å². The van der Waals surface area contributed by atoms with Crippen molar-refractivity contribution in [3.63, 3.8) is 0 Å². The van der Waals surface area contributed by atoms with E-state index < -0.39 is 17.8 Å². The molecule has 1 aliphatic rings. The van der Waals surface area contributed by atoms with Gasteiger partial charge in [-0.1, -0.05) is 72.0 Å². The molecule has 0 spiro atoms. The Morgan fingerprint density at radius 2 is 1.67 bits per heavy atom. The van der Waals surface area contributed by atoms with Crippen molar-refractivity contribution in [2.24, 2.45) is 4.99 Å². The number of rotatable bonds is 6. The van der Waals surface area contributed by atoms with Crippen molar-refractivity contribution in [3.05, 3.63) is 150 Å². The van der Waals surface area contributed by atoms with Gasteiger partial charge in [0, 0.05) is 22.6 Å². The number of thiazole rings is 1. The molecule has 0 fully saturated rings. The third-order valence-corrected chi connectivity index (χ3v) is 8.31. The predicted molar refractivity (Wildman–Crippen MR) is 163 cm³/mol. The second kappa shape index (κ2) is 11.2. The second-order valence-corrected chi connectivity index (χ2v) is 11.0. The van der Waals surface area contributed by atoms with E-state index in [1.54, 1.807) is 19.1 Å². The van der Waals surface area contributed by atoms with Crippen LogP contribution in [0.3, 0.4) is 0 Å². The highest BCUT2D eigenvalue weighted by molar-refractivity contribution is 7.07. The molecule has 3 heterocycles. The summed E-state index contributed by atoms with van der Waals surface area (Å²) in [6.07, 6.45) is 1.88. The minimum Gasteiger partial charge on any atom is -0.463 e. The van der Waals surface area contributed by atoms with Crippen molar-refractivity contribution in [3.8, 4) is 5.69 Å². The van der Waals surface area contributed by atoms with Crippen LogP contribution in [0.5, 0.6) is 0 Å². The maximum Gasteiger partial charge on any atom is 0.338 e. The largest absolute Gasteiger partial charge is 0.463 e. The Kier molecular flexibility index (Phi) is 7.31. The van der Waals surface area contributed by atoms with Crippen molar-refractivity contribution < 1.29 is 13.9 Å². The average Bonchev–Trinajstić information content (AvgIpc) is 3.47. The summed E-state index contributed by atoms with van der Waals surface area (Å²) < 4.78 is 23.6. The maximum absolute atomic E-state index is 14.1. The van der Waals surface area contributed by atoms with Crippen LogP contribution in [0.15, 0.2) is 106 Å². The van der Waals surface area contributed by atoms with Gasteiger partial charge < -0.3 is 9.30 Å². The molecule has 0 N–H and O–H groups in total. The Balaban J connectivity index is 1.61. The molecule has 1 aliphatic heterocycles. The van der Waals surface area contributed by atoms with Gasteiger partial charge in [0.2, 0.25) is 0 Å². The van der Waals surface area contributed by atoms with E-state index in [1.165, 1.54) is 28.0 Å². The number of hydrogen-bond acceptors (Lipinski definition) is 5. The van der Waals surface area contributed by atoms with Gasteiger partial charge >= 0.3 is 5.97 Å². The summed E-state index contributed by atoms with van der Waals surface area (Å²) in [6, 6.07) is 26.5. The number of carbonyl (C=O) groups excluding carboxylic acids is 1. The number of aryl methyl sites for hydroxylation is 1. The monoisotopic (exact) mass is 577 g/mol. The lowest BCUT2D eigenvalue weighted by Crippen LogP contribution is -2.40. The zero-order chi connectivity index (χ0) is 29.4. The molecule has 1 atom stereocenters. The van der Waals surface area contributed by atoms with E-state index in [1.807, 2.05) is 80.6 Å². The van der Waals surface area contributed by atoms with E-state index in [2.05, 4.69) is 10.6 Å². The highest BCUT2D eigenvalue weighted by atomic mass is 32.1. The molecule has 0 radical (unpaired) electrons. The molecule has 2 aromatic heterocycles. The quantitative estimate of drug-likeness (QED) is 0.251. The van der Waals surface area contributed by atoms with Crippen LogP contribution in [0.25, 0.3) is 17.5 Å². The lowest BCUT2D eigenvalue weighted by Gasteiger charge is -2.25. The Bertz CT molecular complexity index is 2000. The number of benzene rings is 3. The Labute approximate surface area is 246 Å². The van der Waals surface area contributed by atoms with Crippen LogP contribution in [0.4, 0.5) is 4.39 Å². The van der Waals surface area contributed by atoms with Crippen molar-refractivity contribution in [2.75, 3.05) is 6.61 Å². The number of ether oxygens (including phenoxy) is 1. The first-order valence-electron chi connectivity index (χ1n) is 13.7. The van der Waals surface area contributed by atoms with Crippen LogP contribution in [0, 0.1) is 19.7 Å². The SMILES string of the molecule is CCOC(=O)C1=C(c2ccccc2)N=c2s/c(=C\c3cc(C)n(-c4ccccc4)c3C)c(=O)n2[C@H]1c1ccc(F)cc1. The van der Waals surface area contributed by atoms with E-state index in [4.69, 9.17) is 9.73 Å². The summed E-state index contributed by atoms with van der Waals surface area (Å²) in [5, 5.41) is 0. The smallest absolute Gasteiger partial charge is 0.338 e. The lowest BCUT2D eigenvalue weighted by atomic mass is 9.93. The van der Waals surface area contributed by atoms with Crippen LogP contribution in [-0.2, 0) is 9.53 Å². The fourth-order valence-corrected chi connectivity index (χ4v) is 6.44. The Hall–Kier alpha value is -4.82. The molecule has 0 bridgehead atoms. The minimum atomic E-state index is -0.852. The van der Waals surface area contributed by atoms with E-state index in [0.717, 1.165) is 28.2 Å². The molecule has 0 saturated heterocycles. The van der Waals surface area contributed by atoms with Crippen molar-refractivity contribution in [1.29, 1.82) is 0 Å². The zero-order valence-corrected chi connectivity index (χ0v) is 24.2. The van der Waals surface area contributed by atoms with Gasteiger partial charge in [-0.05, 0) is 68.3 Å². The van der Waals surface area contributed by atoms with E-state index in [-0.39, 0.29) is 17.7 Å². The molecule has 42 heavy (non-hydrogen) atoms. The summed E-state index contributed by atoms with van der Waals surface area (Å²) in [4.78, 5) is 33.0. The molecule has 6 nitrogen and oxygen atoms in total. The molecule has 210 valence electrons. The Morgan fingerprint density at radius 3 is 2.33 bits per heavy atom. The van der Waals surface area contributed by atoms with Crippen molar-refractivity contribution in [2.45, 2.75) is 26.8 Å². The minimum absolute atomic E-state index is 0.155. The summed E-state index contributed by atoms with van der Waals surface area (Å²) in [5.41, 5.74) is 5.66. The number of carbonyl (C=O) groups is 1. The highest BCUT2D eigenvalue weighted by Crippen LogP contribution is 2.35. The molecule has 0 amide bonds. The van der Waals surface area contributed by atoms with Gasteiger partial charge in [-0.15, -0.1) is 0 Å². The van der Waals surface area contributed by atoms with Crippen molar-refractivity contribution in [1.82, 2.24) is 9.13 Å². The molecule has 8 heteroatoms. The van der Waals surface area contributed by atoms with Crippen molar-refractivity contribution >= 4 is 29.1 Å². The molecular weight excluding hydrogens is 549 g/mol. The van der Waals surface area contributed by atoms with Crippen LogP contribution >= 0.6 is 11.3 Å². The third kappa shape index (κ3) is 4.84. The summed E-state index contributed by atoms with van der Waals surface area (Å²) >= 11 is 1.26. The number of nitrogens with zero attached hydrogens (tertiary/aromatic N) is 3. The summed E-state index contributed by atoms with van der Waals surface area (Å²) in [5.74, 6) is -0.986. The normalized spacial score (nSPS) is 15.0. The van der Waals surface area contributed by atoms with Gasteiger partial charge in [0.15, 0.2) is 4.80 Å². The molecule has 6 rings (SSSR count). The predicted octanol–water partition coefficient (Wildman–Crippen LogP) is 5.48. The van der Waals surface area contributed by atoms with Gasteiger partial charge in [-0.2, -0.15) is 0 Å². The third-order valence-electron chi connectivity index (χ3n) is 7.33. The van der Waals surface area contributed by atoms with Gasteiger partial charge in [0.1, 0.15) is 5.82 Å². The molecule has 0 saturated carbocycles. The number of aromatic nitrogens is 2. The standard InChI is InChI=1S/C34H28FN3O3S/c1-4-41-33(40)29-30(23-11-7-5-8-12-23)36-34-38(31(29)24-15-17-26(35)18-16-24)32(39)28(42-34)20-25-19-21(2)37(22(25)3)27-13-9-6-10-14-27/h5-20,31H,4H2,1-3H3/b28-20-/t31-/m0/s1. The lowest BCUT2D eigenvalue weighted by molar-refractivity contribution is -0.138. The number of halogens is 1. The van der Waals surface area contributed by atoms with Gasteiger partial charge in [0.05, 0.1) is 28.5 Å². The van der Waals surface area contributed by atoms with Gasteiger partial charge in [0.25, 0.3) is 5.56 Å². The zero-order valence-electron chi connectivity index (χ0n) is 23.4. The topological polar surface area (TPSA) is 65.6 Å². The first-order valence-corrected chi connectivity index (χ1v) is 14.5. The van der Waals surface area contributed by atoms with Crippen LogP contribution in [0.2, 0.25) is 0 Å². The molecule has 0 aliphatic carbocycles. The summed E-state index contributed by atoms with van der Waals surface area (Å²) in [7, 11) is 0. The van der Waals surface area contributed by atoms with Gasteiger partial charge in [-0.25, -0.2) is 14.2 Å². The Morgan fingerprint density at radius 1 is 1.00 bits per heavy atom. The molecule has 3 aromatic carbocycles. The average molecular weight is 578 g/mol. The second-order valence-electron chi connectivity index (χ2n) is 9.98. The van der Waals surface area contributed by atoms with E-state index >= 15 is 0 Å². The number of esters is 1. The molecule has 0 unspecified atom stereocenters. The van der Waals surface area contributed by atoms with Gasteiger partial charge in [-0.3, -0.25) is 9.36 Å². The number of fused-ring (bicyclic) bond motifs is 1. The first-order chi connectivity index (χ1) is 20.4. The fraction of sp³-hybridized carbons (Fsp3) is 0.147. The highest BCUT2D eigenvalue weighted by Gasteiger charge is 2.35. The number of para-hydroxylation sites is 1. The molecule has 5 aromatic rings. The molecular formula is C34H28FN3O3S. The summed E-state index contributed by atoms with van der Waals surface area (Å²) in [6.45, 7) is 5.94. The first kappa shape index (κ1) is 27.4.